The topological polar surface area (TPSA) is 89.5 Å². The van der Waals surface area contributed by atoms with Gasteiger partial charge in [-0.3, -0.25) is 20.2 Å². The van der Waals surface area contributed by atoms with Crippen molar-refractivity contribution in [3.8, 4) is 0 Å². The number of allylic oxidation sites excluding steroid dienone is 1. The van der Waals surface area contributed by atoms with Gasteiger partial charge in [-0.15, -0.1) is 0 Å². The summed E-state index contributed by atoms with van der Waals surface area (Å²) in [5, 5.41) is 23.4. The summed E-state index contributed by atoms with van der Waals surface area (Å²) in [5.41, 5.74) is 1.99. The van der Waals surface area contributed by atoms with Crippen molar-refractivity contribution in [1.82, 2.24) is 0 Å². The third-order valence-corrected chi connectivity index (χ3v) is 5.61. The molecule has 0 bridgehead atoms. The van der Waals surface area contributed by atoms with E-state index in [4.69, 9.17) is 0 Å². The second-order valence-corrected chi connectivity index (χ2v) is 6.86. The molecular formula is C17H13N3O4S. The van der Waals surface area contributed by atoms with Gasteiger partial charge >= 0.3 is 0 Å². The Morgan fingerprint density at radius 2 is 1.84 bits per heavy atom. The first-order chi connectivity index (χ1) is 12.1. The molecule has 126 valence electrons. The predicted octanol–water partition coefficient (Wildman–Crippen LogP) is 4.58. The maximum Gasteiger partial charge on any atom is 0.283 e. The van der Waals surface area contributed by atoms with Gasteiger partial charge in [0.15, 0.2) is 0 Å². The number of fused-ring (bicyclic) bond motifs is 3. The van der Waals surface area contributed by atoms with E-state index < -0.39 is 9.85 Å². The van der Waals surface area contributed by atoms with Gasteiger partial charge in [0.05, 0.1) is 32.2 Å². The summed E-state index contributed by atoms with van der Waals surface area (Å²) in [4.78, 5) is 24.6. The summed E-state index contributed by atoms with van der Waals surface area (Å²) < 4.78 is 0. The molecule has 0 atom stereocenters. The summed E-state index contributed by atoms with van der Waals surface area (Å²) in [6.07, 6.45) is 1.59. The molecule has 2 aromatic carbocycles. The molecule has 2 heterocycles. The number of anilines is 1. The Hall–Kier alpha value is -2.87. The first-order valence-corrected chi connectivity index (χ1v) is 8.58. The minimum absolute atomic E-state index is 0.213. The molecule has 4 rings (SSSR count). The fourth-order valence-corrected chi connectivity index (χ4v) is 4.56. The van der Waals surface area contributed by atoms with Crippen molar-refractivity contribution in [2.45, 2.75) is 17.7 Å². The van der Waals surface area contributed by atoms with Gasteiger partial charge in [0.1, 0.15) is 0 Å². The van der Waals surface area contributed by atoms with E-state index in [1.54, 1.807) is 11.8 Å². The Morgan fingerprint density at radius 1 is 1.04 bits per heavy atom. The van der Waals surface area contributed by atoms with E-state index in [9.17, 15) is 20.2 Å². The summed E-state index contributed by atoms with van der Waals surface area (Å²) in [7, 11) is 0. The molecule has 8 heteroatoms. The second kappa shape index (κ2) is 5.89. The van der Waals surface area contributed by atoms with Crippen LogP contribution in [0.1, 0.15) is 18.4 Å². The van der Waals surface area contributed by atoms with Crippen molar-refractivity contribution >= 4 is 34.4 Å². The Morgan fingerprint density at radius 3 is 2.60 bits per heavy atom. The largest absolute Gasteiger partial charge is 0.335 e. The van der Waals surface area contributed by atoms with Gasteiger partial charge in [-0.2, -0.15) is 0 Å². The normalized spacial score (nSPS) is 15.8. The van der Waals surface area contributed by atoms with Crippen molar-refractivity contribution in [3.63, 3.8) is 0 Å². The maximum atomic E-state index is 11.5. The zero-order chi connectivity index (χ0) is 17.6. The molecule has 0 amide bonds. The van der Waals surface area contributed by atoms with E-state index in [1.165, 1.54) is 12.1 Å². The molecule has 0 aromatic heterocycles. The molecule has 2 aromatic rings. The average Bonchev–Trinajstić information content (AvgIpc) is 3.00. The summed E-state index contributed by atoms with van der Waals surface area (Å²) in [6.45, 7) is 0.865. The van der Waals surface area contributed by atoms with Crippen molar-refractivity contribution in [2.75, 3.05) is 11.4 Å². The smallest absolute Gasteiger partial charge is 0.283 e. The highest BCUT2D eigenvalue weighted by Crippen LogP contribution is 2.52. The minimum atomic E-state index is -0.609. The SMILES string of the molecule is O=[N+]([O-])c1ccc(C2=C3Sc4ccccc4N3CCC2)c([N+](=O)[O-])c1. The standard InChI is InChI=1S/C17H13N3O4S/c21-19(22)11-7-8-12(15(10-11)20(23)24)13-4-3-9-18-14-5-1-2-6-16(14)25-17(13)18/h1-2,5-8,10H,3-4,9H2. The third-order valence-electron chi connectivity index (χ3n) is 4.39. The number of rotatable bonds is 3. The van der Waals surface area contributed by atoms with E-state index in [1.807, 2.05) is 24.3 Å². The van der Waals surface area contributed by atoms with Crippen LogP contribution in [0.4, 0.5) is 17.1 Å². The number of nitrogens with zero attached hydrogens (tertiary/aromatic N) is 3. The predicted molar refractivity (Wildman–Crippen MR) is 95.5 cm³/mol. The fourth-order valence-electron chi connectivity index (χ4n) is 3.29. The Balaban J connectivity index is 1.87. The number of thioether (sulfide) groups is 1. The third kappa shape index (κ3) is 2.54. The molecular weight excluding hydrogens is 342 g/mol. The molecule has 0 radical (unpaired) electrons. The van der Waals surface area contributed by atoms with E-state index in [-0.39, 0.29) is 11.4 Å². The highest BCUT2D eigenvalue weighted by Gasteiger charge is 2.33. The minimum Gasteiger partial charge on any atom is -0.335 e. The summed E-state index contributed by atoms with van der Waals surface area (Å²) in [6, 6.07) is 11.9. The molecule has 0 spiro atoms. The molecule has 2 aliphatic rings. The lowest BCUT2D eigenvalue weighted by atomic mass is 9.97. The highest BCUT2D eigenvalue weighted by atomic mass is 32.2. The molecule has 0 saturated heterocycles. The summed E-state index contributed by atoms with van der Waals surface area (Å²) in [5.74, 6) is 0. The van der Waals surface area contributed by atoms with Crippen LogP contribution < -0.4 is 4.90 Å². The molecule has 0 fully saturated rings. The Labute approximate surface area is 147 Å². The molecule has 0 aliphatic carbocycles. The van der Waals surface area contributed by atoms with Crippen LogP contribution in [0.15, 0.2) is 52.4 Å². The van der Waals surface area contributed by atoms with Crippen LogP contribution in [0.5, 0.6) is 0 Å². The zero-order valence-electron chi connectivity index (χ0n) is 13.0. The lowest BCUT2D eigenvalue weighted by Crippen LogP contribution is -2.24. The zero-order valence-corrected chi connectivity index (χ0v) is 13.9. The Bertz CT molecular complexity index is 941. The van der Waals surface area contributed by atoms with Crippen LogP contribution in [0.3, 0.4) is 0 Å². The summed E-state index contributed by atoms with van der Waals surface area (Å²) >= 11 is 1.60. The van der Waals surface area contributed by atoms with E-state index in [0.29, 0.717) is 12.0 Å². The van der Waals surface area contributed by atoms with Gasteiger partial charge in [-0.25, -0.2) is 0 Å². The van der Waals surface area contributed by atoms with Crippen molar-refractivity contribution < 1.29 is 9.85 Å². The van der Waals surface area contributed by atoms with Crippen LogP contribution in [0.25, 0.3) is 5.57 Å². The lowest BCUT2D eigenvalue weighted by Gasteiger charge is -2.28. The number of non-ortho nitro benzene ring substituents is 1. The number of para-hydroxylation sites is 1. The first-order valence-electron chi connectivity index (χ1n) is 7.77. The molecule has 0 N–H and O–H groups in total. The van der Waals surface area contributed by atoms with Gasteiger partial charge in [0.25, 0.3) is 11.4 Å². The van der Waals surface area contributed by atoms with Gasteiger partial charge in [-0.05, 0) is 36.6 Å². The monoisotopic (exact) mass is 355 g/mol. The van der Waals surface area contributed by atoms with E-state index >= 15 is 0 Å². The van der Waals surface area contributed by atoms with E-state index in [2.05, 4.69) is 4.90 Å². The van der Waals surface area contributed by atoms with Crippen molar-refractivity contribution in [2.24, 2.45) is 0 Å². The van der Waals surface area contributed by atoms with Crippen LogP contribution >= 0.6 is 11.8 Å². The lowest BCUT2D eigenvalue weighted by molar-refractivity contribution is -0.394. The molecule has 0 unspecified atom stereocenters. The van der Waals surface area contributed by atoms with Gasteiger partial charge < -0.3 is 4.90 Å². The number of hydrogen-bond acceptors (Lipinski definition) is 6. The molecule has 2 aliphatic heterocycles. The average molecular weight is 355 g/mol. The van der Waals surface area contributed by atoms with Gasteiger partial charge in [0, 0.05) is 17.5 Å². The second-order valence-electron chi connectivity index (χ2n) is 5.82. The number of benzene rings is 2. The number of nitro groups is 2. The quantitative estimate of drug-likeness (QED) is 0.591. The molecule has 0 saturated carbocycles. The maximum absolute atomic E-state index is 11.5. The van der Waals surface area contributed by atoms with Crippen LogP contribution in [0, 0.1) is 20.2 Å². The first kappa shape index (κ1) is 15.6. The number of hydrogen-bond donors (Lipinski definition) is 0. The van der Waals surface area contributed by atoms with Crippen molar-refractivity contribution in [3.05, 3.63) is 73.3 Å². The molecule has 25 heavy (non-hydrogen) atoms. The van der Waals surface area contributed by atoms with E-state index in [0.717, 1.165) is 40.2 Å². The van der Waals surface area contributed by atoms with Gasteiger partial charge in [-0.1, -0.05) is 23.9 Å². The van der Waals surface area contributed by atoms with Crippen molar-refractivity contribution in [1.29, 1.82) is 0 Å². The highest BCUT2D eigenvalue weighted by molar-refractivity contribution is 8.04. The Kier molecular flexibility index (Phi) is 3.69. The van der Waals surface area contributed by atoms with Crippen LogP contribution in [-0.4, -0.2) is 16.4 Å². The van der Waals surface area contributed by atoms with Crippen LogP contribution in [0.2, 0.25) is 0 Å². The van der Waals surface area contributed by atoms with Gasteiger partial charge in [0.2, 0.25) is 0 Å². The fraction of sp³-hybridized carbons (Fsp3) is 0.176. The van der Waals surface area contributed by atoms with Crippen LogP contribution in [-0.2, 0) is 0 Å². The molecule has 7 nitrogen and oxygen atoms in total. The number of nitro benzene ring substituents is 2.